The first-order chi connectivity index (χ1) is 17.7. The van der Waals surface area contributed by atoms with Crippen LogP contribution in [0.4, 0.5) is 0 Å². The summed E-state index contributed by atoms with van der Waals surface area (Å²) in [6.45, 7) is 13.4. The Kier molecular flexibility index (Phi) is 5.49. The maximum atomic E-state index is 6.34. The van der Waals surface area contributed by atoms with Gasteiger partial charge >= 0.3 is 0 Å². The van der Waals surface area contributed by atoms with Crippen molar-refractivity contribution in [1.29, 1.82) is 0 Å². The minimum atomic E-state index is 0.00800. The molecule has 3 heterocycles. The molecular formula is C34H33NO2. The van der Waals surface area contributed by atoms with Gasteiger partial charge in [-0.2, -0.15) is 0 Å². The number of hydrogen-bond acceptors (Lipinski definition) is 3. The summed E-state index contributed by atoms with van der Waals surface area (Å²) in [5.41, 5.74) is 9.28. The molecule has 0 unspecified atom stereocenters. The van der Waals surface area contributed by atoms with Crippen LogP contribution in [0.5, 0.6) is 0 Å². The number of furan rings is 2. The molecule has 3 nitrogen and oxygen atoms in total. The monoisotopic (exact) mass is 487 g/mol. The standard InChI is InChI=1S/C34H33NO2/c1-20(2)15-31-21(3)25-12-11-23(18-32(25)37-31)27-19-30(35-29-13-14-36-33(27)29)24-16-22-9-7-8-10-26(22)28(17-24)34(4,5)6/h7-14,16-20H,15H2,1-6H3. The van der Waals surface area contributed by atoms with Crippen molar-refractivity contribution in [3.05, 3.63) is 89.9 Å². The summed E-state index contributed by atoms with van der Waals surface area (Å²) in [6, 6.07) is 23.8. The average molecular weight is 488 g/mol. The highest BCUT2D eigenvalue weighted by molar-refractivity contribution is 5.97. The molecule has 0 aliphatic heterocycles. The molecule has 3 aromatic heterocycles. The number of pyridine rings is 1. The normalized spacial score (nSPS) is 12.4. The fourth-order valence-corrected chi connectivity index (χ4v) is 5.41. The fourth-order valence-electron chi connectivity index (χ4n) is 5.41. The predicted octanol–water partition coefficient (Wildman–Crippen LogP) is 9.87. The Balaban J connectivity index is 1.55. The van der Waals surface area contributed by atoms with Gasteiger partial charge in [-0.05, 0) is 70.0 Å². The number of fused-ring (bicyclic) bond motifs is 3. The van der Waals surface area contributed by atoms with E-state index in [1.54, 1.807) is 6.26 Å². The lowest BCUT2D eigenvalue weighted by Crippen LogP contribution is -2.12. The summed E-state index contributed by atoms with van der Waals surface area (Å²) in [6.07, 6.45) is 2.66. The molecule has 0 saturated carbocycles. The smallest absolute Gasteiger partial charge is 0.160 e. The lowest BCUT2D eigenvalue weighted by molar-refractivity contribution is 0.496. The summed E-state index contributed by atoms with van der Waals surface area (Å²) in [4.78, 5) is 5.02. The van der Waals surface area contributed by atoms with E-state index in [0.717, 1.165) is 51.2 Å². The highest BCUT2D eigenvalue weighted by Crippen LogP contribution is 2.39. The maximum absolute atomic E-state index is 6.34. The van der Waals surface area contributed by atoms with Crippen molar-refractivity contribution in [2.24, 2.45) is 5.92 Å². The van der Waals surface area contributed by atoms with Gasteiger partial charge < -0.3 is 8.83 Å². The summed E-state index contributed by atoms with van der Waals surface area (Å²) < 4.78 is 12.3. The Morgan fingerprint density at radius 1 is 0.865 bits per heavy atom. The molecule has 3 aromatic carbocycles. The van der Waals surface area contributed by atoms with E-state index in [-0.39, 0.29) is 5.41 Å². The van der Waals surface area contributed by atoms with E-state index in [0.29, 0.717) is 5.92 Å². The predicted molar refractivity (Wildman–Crippen MR) is 154 cm³/mol. The van der Waals surface area contributed by atoms with Crippen LogP contribution in [0, 0.1) is 12.8 Å². The van der Waals surface area contributed by atoms with E-state index in [2.05, 4.69) is 102 Å². The topological polar surface area (TPSA) is 39.2 Å². The lowest BCUT2D eigenvalue weighted by Gasteiger charge is -2.23. The van der Waals surface area contributed by atoms with Crippen LogP contribution in [-0.4, -0.2) is 4.98 Å². The zero-order valence-electron chi connectivity index (χ0n) is 22.5. The molecule has 0 aliphatic rings. The van der Waals surface area contributed by atoms with Crippen LogP contribution in [0.1, 0.15) is 51.5 Å². The minimum Gasteiger partial charge on any atom is -0.462 e. The largest absolute Gasteiger partial charge is 0.462 e. The molecule has 0 aliphatic carbocycles. The highest BCUT2D eigenvalue weighted by Gasteiger charge is 2.20. The molecule has 0 spiro atoms. The molecule has 37 heavy (non-hydrogen) atoms. The Morgan fingerprint density at radius 3 is 2.46 bits per heavy atom. The number of nitrogens with zero attached hydrogens (tertiary/aromatic N) is 1. The van der Waals surface area contributed by atoms with E-state index >= 15 is 0 Å². The van der Waals surface area contributed by atoms with Gasteiger partial charge in [-0.3, -0.25) is 0 Å². The Hall–Kier alpha value is -3.85. The molecule has 0 atom stereocenters. The van der Waals surface area contributed by atoms with Crippen molar-refractivity contribution in [3.8, 4) is 22.4 Å². The lowest BCUT2D eigenvalue weighted by atomic mass is 9.82. The maximum Gasteiger partial charge on any atom is 0.160 e. The molecule has 186 valence electrons. The SMILES string of the molecule is Cc1c(CC(C)C)oc2cc(-c3cc(-c4cc(C(C)(C)C)c5ccccc5c4)nc4ccoc34)ccc12. The summed E-state index contributed by atoms with van der Waals surface area (Å²) >= 11 is 0. The Labute approximate surface area is 218 Å². The number of rotatable bonds is 4. The third kappa shape index (κ3) is 4.13. The highest BCUT2D eigenvalue weighted by atomic mass is 16.3. The van der Waals surface area contributed by atoms with Crippen molar-refractivity contribution in [3.63, 3.8) is 0 Å². The second-order valence-electron chi connectivity index (χ2n) is 11.6. The van der Waals surface area contributed by atoms with Crippen LogP contribution in [-0.2, 0) is 11.8 Å². The van der Waals surface area contributed by atoms with Crippen LogP contribution < -0.4 is 0 Å². The average Bonchev–Trinajstić information content (AvgIpc) is 3.46. The zero-order valence-corrected chi connectivity index (χ0v) is 22.5. The Morgan fingerprint density at radius 2 is 1.68 bits per heavy atom. The van der Waals surface area contributed by atoms with Crippen molar-refractivity contribution in [2.45, 2.75) is 53.4 Å². The molecule has 0 amide bonds. The number of benzene rings is 3. The summed E-state index contributed by atoms with van der Waals surface area (Å²) in [5.74, 6) is 1.62. The molecule has 0 bridgehead atoms. The van der Waals surface area contributed by atoms with E-state index in [9.17, 15) is 0 Å². The second kappa shape index (κ2) is 8.62. The molecule has 0 radical (unpaired) electrons. The van der Waals surface area contributed by atoms with Gasteiger partial charge in [-0.25, -0.2) is 4.98 Å². The van der Waals surface area contributed by atoms with Crippen molar-refractivity contribution >= 4 is 32.8 Å². The number of aryl methyl sites for hydroxylation is 1. The van der Waals surface area contributed by atoms with Gasteiger partial charge in [-0.1, -0.05) is 71.0 Å². The number of aromatic nitrogens is 1. The van der Waals surface area contributed by atoms with E-state index < -0.39 is 0 Å². The van der Waals surface area contributed by atoms with Gasteiger partial charge in [0.05, 0.1) is 12.0 Å². The minimum absolute atomic E-state index is 0.00800. The molecule has 0 fully saturated rings. The van der Waals surface area contributed by atoms with Crippen LogP contribution in [0.15, 0.2) is 81.8 Å². The summed E-state index contributed by atoms with van der Waals surface area (Å²) in [5, 5.41) is 3.69. The van der Waals surface area contributed by atoms with Crippen LogP contribution in [0.25, 0.3) is 55.2 Å². The van der Waals surface area contributed by atoms with Crippen molar-refractivity contribution in [2.75, 3.05) is 0 Å². The fraction of sp³-hybridized carbons (Fsp3) is 0.265. The van der Waals surface area contributed by atoms with Gasteiger partial charge in [0.1, 0.15) is 16.9 Å². The van der Waals surface area contributed by atoms with E-state index in [1.165, 1.54) is 27.3 Å². The number of hydrogen-bond donors (Lipinski definition) is 0. The molecule has 3 heteroatoms. The van der Waals surface area contributed by atoms with Crippen LogP contribution >= 0.6 is 0 Å². The van der Waals surface area contributed by atoms with Crippen molar-refractivity contribution in [1.82, 2.24) is 4.98 Å². The van der Waals surface area contributed by atoms with E-state index in [1.807, 2.05) is 6.07 Å². The first-order valence-corrected chi connectivity index (χ1v) is 13.1. The Bertz CT molecular complexity index is 1780. The first kappa shape index (κ1) is 23.5. The van der Waals surface area contributed by atoms with Gasteiger partial charge in [-0.15, -0.1) is 0 Å². The van der Waals surface area contributed by atoms with Crippen LogP contribution in [0.3, 0.4) is 0 Å². The third-order valence-electron chi connectivity index (χ3n) is 7.32. The van der Waals surface area contributed by atoms with Crippen molar-refractivity contribution < 1.29 is 8.83 Å². The molecule has 6 rings (SSSR count). The summed E-state index contributed by atoms with van der Waals surface area (Å²) in [7, 11) is 0. The molecule has 6 aromatic rings. The van der Waals surface area contributed by atoms with E-state index in [4.69, 9.17) is 13.8 Å². The van der Waals surface area contributed by atoms with Crippen LogP contribution in [0.2, 0.25) is 0 Å². The molecule has 0 N–H and O–H groups in total. The molecular weight excluding hydrogens is 454 g/mol. The third-order valence-corrected chi connectivity index (χ3v) is 7.32. The van der Waals surface area contributed by atoms with Gasteiger partial charge in [0.2, 0.25) is 0 Å². The quantitative estimate of drug-likeness (QED) is 0.248. The second-order valence-corrected chi connectivity index (χ2v) is 11.6. The first-order valence-electron chi connectivity index (χ1n) is 13.1. The zero-order chi connectivity index (χ0) is 25.9. The van der Waals surface area contributed by atoms with Gasteiger partial charge in [0.15, 0.2) is 5.58 Å². The van der Waals surface area contributed by atoms with Gasteiger partial charge in [0, 0.05) is 29.0 Å². The molecule has 0 saturated heterocycles. The van der Waals surface area contributed by atoms with Gasteiger partial charge in [0.25, 0.3) is 0 Å².